The van der Waals surface area contributed by atoms with E-state index in [1.807, 2.05) is 31.2 Å². The third-order valence-electron chi connectivity index (χ3n) is 2.88. The standard InChI is InChI=1S/C15H19ClN2OS/c1-3-19-14-6-4-12(17)8-11(14)9-18(2)10-13-5-7-15(16)20-13/h4-8H,3,9-10,17H2,1-2H3. The van der Waals surface area contributed by atoms with Gasteiger partial charge in [-0.3, -0.25) is 4.90 Å². The van der Waals surface area contributed by atoms with E-state index in [4.69, 9.17) is 22.1 Å². The second-order valence-corrected chi connectivity index (χ2v) is 6.48. The van der Waals surface area contributed by atoms with Crippen LogP contribution in [-0.4, -0.2) is 18.6 Å². The maximum Gasteiger partial charge on any atom is 0.123 e. The van der Waals surface area contributed by atoms with Crippen LogP contribution in [0.1, 0.15) is 17.4 Å². The van der Waals surface area contributed by atoms with E-state index in [-0.39, 0.29) is 0 Å². The second kappa shape index (κ2) is 6.97. The van der Waals surface area contributed by atoms with E-state index in [1.54, 1.807) is 11.3 Å². The lowest BCUT2D eigenvalue weighted by molar-refractivity contribution is 0.299. The Morgan fingerprint density at radius 3 is 2.70 bits per heavy atom. The Morgan fingerprint density at radius 1 is 1.25 bits per heavy atom. The molecule has 5 heteroatoms. The van der Waals surface area contributed by atoms with E-state index in [2.05, 4.69) is 18.0 Å². The Labute approximate surface area is 128 Å². The zero-order valence-electron chi connectivity index (χ0n) is 11.7. The number of nitrogens with two attached hydrogens (primary N) is 1. The molecular formula is C15H19ClN2OS. The molecule has 2 aromatic rings. The summed E-state index contributed by atoms with van der Waals surface area (Å²) in [5, 5.41) is 0. The quantitative estimate of drug-likeness (QED) is 0.819. The van der Waals surface area contributed by atoms with Crippen LogP contribution < -0.4 is 10.5 Å². The summed E-state index contributed by atoms with van der Waals surface area (Å²) in [6.45, 7) is 4.28. The molecule has 0 saturated carbocycles. The van der Waals surface area contributed by atoms with E-state index >= 15 is 0 Å². The first-order valence-electron chi connectivity index (χ1n) is 6.52. The van der Waals surface area contributed by atoms with E-state index in [1.165, 1.54) is 4.88 Å². The fourth-order valence-electron chi connectivity index (χ4n) is 2.07. The van der Waals surface area contributed by atoms with Crippen molar-refractivity contribution in [2.24, 2.45) is 0 Å². The van der Waals surface area contributed by atoms with Crippen molar-refractivity contribution in [1.29, 1.82) is 0 Å². The molecule has 1 heterocycles. The Balaban J connectivity index is 2.06. The number of ether oxygens (including phenoxy) is 1. The minimum Gasteiger partial charge on any atom is -0.494 e. The lowest BCUT2D eigenvalue weighted by Gasteiger charge is -2.18. The van der Waals surface area contributed by atoms with Crippen LogP contribution in [0.2, 0.25) is 4.34 Å². The van der Waals surface area contributed by atoms with Crippen molar-refractivity contribution in [3.05, 3.63) is 45.1 Å². The molecule has 108 valence electrons. The lowest BCUT2D eigenvalue weighted by Crippen LogP contribution is -2.17. The Kier molecular flexibility index (Phi) is 5.29. The van der Waals surface area contributed by atoms with Gasteiger partial charge in [-0.2, -0.15) is 0 Å². The van der Waals surface area contributed by atoms with Gasteiger partial charge in [-0.25, -0.2) is 0 Å². The van der Waals surface area contributed by atoms with E-state index in [9.17, 15) is 0 Å². The van der Waals surface area contributed by atoms with Crippen LogP contribution in [0.4, 0.5) is 5.69 Å². The monoisotopic (exact) mass is 310 g/mol. The van der Waals surface area contributed by atoms with Crippen LogP contribution >= 0.6 is 22.9 Å². The minimum atomic E-state index is 0.654. The molecule has 0 amide bonds. The number of hydrogen-bond donors (Lipinski definition) is 1. The maximum absolute atomic E-state index is 5.95. The van der Waals surface area contributed by atoms with Crippen molar-refractivity contribution in [1.82, 2.24) is 4.90 Å². The molecule has 1 aromatic carbocycles. The normalized spacial score (nSPS) is 11.0. The molecule has 1 aromatic heterocycles. The number of rotatable bonds is 6. The van der Waals surface area contributed by atoms with Gasteiger partial charge >= 0.3 is 0 Å². The molecule has 20 heavy (non-hydrogen) atoms. The van der Waals surface area contributed by atoms with Gasteiger partial charge in [-0.15, -0.1) is 11.3 Å². The van der Waals surface area contributed by atoms with Gasteiger partial charge in [-0.1, -0.05) is 11.6 Å². The molecule has 0 aliphatic rings. The van der Waals surface area contributed by atoms with Gasteiger partial charge in [0.15, 0.2) is 0 Å². The highest BCUT2D eigenvalue weighted by Gasteiger charge is 2.09. The van der Waals surface area contributed by atoms with Crippen molar-refractivity contribution in [2.75, 3.05) is 19.4 Å². The predicted octanol–water partition coefficient (Wildman–Crippen LogP) is 4.01. The third kappa shape index (κ3) is 4.13. The van der Waals surface area contributed by atoms with Crippen molar-refractivity contribution in [3.63, 3.8) is 0 Å². The molecular weight excluding hydrogens is 292 g/mol. The van der Waals surface area contributed by atoms with Gasteiger partial charge < -0.3 is 10.5 Å². The van der Waals surface area contributed by atoms with Gasteiger partial charge in [0.25, 0.3) is 0 Å². The number of nitrogen functional groups attached to an aromatic ring is 1. The molecule has 2 N–H and O–H groups in total. The van der Waals surface area contributed by atoms with Crippen molar-refractivity contribution in [3.8, 4) is 5.75 Å². The molecule has 0 bridgehead atoms. The molecule has 0 fully saturated rings. The van der Waals surface area contributed by atoms with Crippen molar-refractivity contribution < 1.29 is 4.74 Å². The Bertz CT molecular complexity index is 571. The molecule has 3 nitrogen and oxygen atoms in total. The van der Waals surface area contributed by atoms with Crippen LogP contribution in [0.3, 0.4) is 0 Å². The number of anilines is 1. The fraction of sp³-hybridized carbons (Fsp3) is 0.333. The smallest absolute Gasteiger partial charge is 0.123 e. The number of benzene rings is 1. The van der Waals surface area contributed by atoms with Crippen molar-refractivity contribution >= 4 is 28.6 Å². The van der Waals surface area contributed by atoms with Gasteiger partial charge in [0.1, 0.15) is 5.75 Å². The predicted molar refractivity (Wildman–Crippen MR) is 86.5 cm³/mol. The molecule has 0 aliphatic heterocycles. The summed E-state index contributed by atoms with van der Waals surface area (Å²) >= 11 is 7.57. The van der Waals surface area contributed by atoms with E-state index < -0.39 is 0 Å². The molecule has 0 radical (unpaired) electrons. The molecule has 0 aliphatic carbocycles. The zero-order chi connectivity index (χ0) is 14.5. The first-order valence-corrected chi connectivity index (χ1v) is 7.72. The third-order valence-corrected chi connectivity index (χ3v) is 4.10. The number of halogens is 1. The summed E-state index contributed by atoms with van der Waals surface area (Å²) < 4.78 is 6.47. The zero-order valence-corrected chi connectivity index (χ0v) is 13.3. The molecule has 0 spiro atoms. The van der Waals surface area contributed by atoms with Crippen LogP contribution in [0, 0.1) is 0 Å². The summed E-state index contributed by atoms with van der Waals surface area (Å²) in [5.74, 6) is 0.901. The van der Waals surface area contributed by atoms with E-state index in [0.29, 0.717) is 6.61 Å². The minimum absolute atomic E-state index is 0.654. The largest absolute Gasteiger partial charge is 0.494 e. The summed E-state index contributed by atoms with van der Waals surface area (Å²) in [7, 11) is 2.08. The van der Waals surface area contributed by atoms with Crippen LogP contribution in [0.5, 0.6) is 5.75 Å². The molecule has 0 atom stereocenters. The van der Waals surface area contributed by atoms with Crippen LogP contribution in [0.25, 0.3) is 0 Å². The summed E-state index contributed by atoms with van der Waals surface area (Å²) in [5.41, 5.74) is 7.73. The highest BCUT2D eigenvalue weighted by atomic mass is 35.5. The van der Waals surface area contributed by atoms with Crippen LogP contribution in [0.15, 0.2) is 30.3 Å². The van der Waals surface area contributed by atoms with E-state index in [0.717, 1.165) is 34.4 Å². The topological polar surface area (TPSA) is 38.5 Å². The first kappa shape index (κ1) is 15.2. The first-order chi connectivity index (χ1) is 9.58. The number of hydrogen-bond acceptors (Lipinski definition) is 4. The van der Waals surface area contributed by atoms with Gasteiger partial charge in [0.2, 0.25) is 0 Å². The molecule has 2 rings (SSSR count). The average molecular weight is 311 g/mol. The fourth-order valence-corrected chi connectivity index (χ4v) is 3.24. The van der Waals surface area contributed by atoms with Gasteiger partial charge in [-0.05, 0) is 44.3 Å². The highest BCUT2D eigenvalue weighted by Crippen LogP contribution is 2.25. The molecule has 0 unspecified atom stereocenters. The summed E-state index contributed by atoms with van der Waals surface area (Å²) in [6, 6.07) is 9.77. The Morgan fingerprint density at radius 2 is 2.05 bits per heavy atom. The van der Waals surface area contributed by atoms with Gasteiger partial charge in [0, 0.05) is 29.2 Å². The maximum atomic E-state index is 5.95. The highest BCUT2D eigenvalue weighted by molar-refractivity contribution is 7.16. The summed E-state index contributed by atoms with van der Waals surface area (Å²) in [6.07, 6.45) is 0. The van der Waals surface area contributed by atoms with Crippen LogP contribution in [-0.2, 0) is 13.1 Å². The number of thiophene rings is 1. The Hall–Kier alpha value is -1.23. The van der Waals surface area contributed by atoms with Crippen molar-refractivity contribution in [2.45, 2.75) is 20.0 Å². The SMILES string of the molecule is CCOc1ccc(N)cc1CN(C)Cc1ccc(Cl)s1. The molecule has 0 saturated heterocycles. The lowest BCUT2D eigenvalue weighted by atomic mass is 10.1. The van der Waals surface area contributed by atoms with Gasteiger partial charge in [0.05, 0.1) is 10.9 Å². The average Bonchev–Trinajstić information content (AvgIpc) is 2.78. The summed E-state index contributed by atoms with van der Waals surface area (Å²) in [4.78, 5) is 3.47. The number of nitrogens with zero attached hydrogens (tertiary/aromatic N) is 1. The second-order valence-electron chi connectivity index (χ2n) is 4.68.